The van der Waals surface area contributed by atoms with Crippen molar-refractivity contribution in [1.29, 1.82) is 0 Å². The summed E-state index contributed by atoms with van der Waals surface area (Å²) in [4.78, 5) is 11.9. The number of hydrogen-bond acceptors (Lipinski definition) is 2. The van der Waals surface area contributed by atoms with Crippen molar-refractivity contribution < 1.29 is 9.90 Å². The standard InChI is InChI=1S/C15H21NO2/c1-10-7-8-12(9-11(10)2)14(17)15(18)16-13-5-3-4-6-13/h7-9,13-14,17H,3-6H2,1-2H3,(H,16,18). The Labute approximate surface area is 108 Å². The molecule has 3 nitrogen and oxygen atoms in total. The van der Waals surface area contributed by atoms with Crippen LogP contribution >= 0.6 is 0 Å². The molecule has 2 rings (SSSR count). The molecule has 98 valence electrons. The van der Waals surface area contributed by atoms with Crippen molar-refractivity contribution in [2.24, 2.45) is 0 Å². The molecular formula is C15H21NO2. The average Bonchev–Trinajstić information content (AvgIpc) is 2.84. The molecule has 0 aliphatic heterocycles. The van der Waals surface area contributed by atoms with E-state index in [2.05, 4.69) is 5.32 Å². The van der Waals surface area contributed by atoms with Crippen LogP contribution in [0.3, 0.4) is 0 Å². The number of nitrogens with one attached hydrogen (secondary N) is 1. The van der Waals surface area contributed by atoms with Crippen molar-refractivity contribution in [3.05, 3.63) is 34.9 Å². The van der Waals surface area contributed by atoms with Gasteiger partial charge >= 0.3 is 0 Å². The first-order valence-corrected chi connectivity index (χ1v) is 6.63. The highest BCUT2D eigenvalue weighted by Gasteiger charge is 2.22. The quantitative estimate of drug-likeness (QED) is 0.861. The van der Waals surface area contributed by atoms with Gasteiger partial charge in [0.2, 0.25) is 0 Å². The van der Waals surface area contributed by atoms with Crippen LogP contribution in [-0.2, 0) is 4.79 Å². The molecule has 1 aliphatic rings. The smallest absolute Gasteiger partial charge is 0.253 e. The summed E-state index contributed by atoms with van der Waals surface area (Å²) in [5, 5.41) is 13.0. The molecule has 0 aromatic heterocycles. The van der Waals surface area contributed by atoms with Crippen LogP contribution in [0, 0.1) is 13.8 Å². The molecule has 1 saturated carbocycles. The minimum Gasteiger partial charge on any atom is -0.378 e. The maximum Gasteiger partial charge on any atom is 0.253 e. The molecule has 0 bridgehead atoms. The number of aliphatic hydroxyl groups is 1. The molecule has 1 atom stereocenters. The monoisotopic (exact) mass is 247 g/mol. The fraction of sp³-hybridized carbons (Fsp3) is 0.533. The van der Waals surface area contributed by atoms with Gasteiger partial charge in [0.15, 0.2) is 6.10 Å². The van der Waals surface area contributed by atoms with E-state index in [1.165, 1.54) is 18.4 Å². The summed E-state index contributed by atoms with van der Waals surface area (Å²) < 4.78 is 0. The first kappa shape index (κ1) is 13.1. The molecule has 0 saturated heterocycles. The largest absolute Gasteiger partial charge is 0.378 e. The third kappa shape index (κ3) is 2.91. The average molecular weight is 247 g/mol. The summed E-state index contributed by atoms with van der Waals surface area (Å²) in [7, 11) is 0. The molecule has 1 amide bonds. The van der Waals surface area contributed by atoms with Crippen LogP contribution in [0.1, 0.15) is 48.5 Å². The van der Waals surface area contributed by atoms with Crippen molar-refractivity contribution in [2.75, 3.05) is 0 Å². The van der Waals surface area contributed by atoms with Crippen molar-refractivity contribution in [1.82, 2.24) is 5.32 Å². The number of aryl methyl sites for hydroxylation is 2. The highest BCUT2D eigenvalue weighted by Crippen LogP contribution is 2.21. The Balaban J connectivity index is 2.02. The molecule has 1 aliphatic carbocycles. The van der Waals surface area contributed by atoms with Gasteiger partial charge in [0.05, 0.1) is 0 Å². The van der Waals surface area contributed by atoms with E-state index in [1.54, 1.807) is 0 Å². The lowest BCUT2D eigenvalue weighted by molar-refractivity contribution is -0.130. The number of carbonyl (C=O) groups excluding carboxylic acids is 1. The van der Waals surface area contributed by atoms with E-state index in [0.29, 0.717) is 5.56 Å². The minimum atomic E-state index is -1.05. The van der Waals surface area contributed by atoms with Crippen LogP contribution in [0.2, 0.25) is 0 Å². The maximum atomic E-state index is 11.9. The minimum absolute atomic E-state index is 0.249. The van der Waals surface area contributed by atoms with Crippen LogP contribution in [0.25, 0.3) is 0 Å². The molecular weight excluding hydrogens is 226 g/mol. The Kier molecular flexibility index (Phi) is 4.02. The predicted octanol–water partition coefficient (Wildman–Crippen LogP) is 2.40. The van der Waals surface area contributed by atoms with E-state index >= 15 is 0 Å². The van der Waals surface area contributed by atoms with E-state index in [9.17, 15) is 9.90 Å². The first-order chi connectivity index (χ1) is 8.58. The lowest BCUT2D eigenvalue weighted by atomic mass is 10.0. The van der Waals surface area contributed by atoms with E-state index in [1.807, 2.05) is 32.0 Å². The summed E-state index contributed by atoms with van der Waals surface area (Å²) in [5.41, 5.74) is 2.94. The number of rotatable bonds is 3. The second-order valence-electron chi connectivity index (χ2n) is 5.24. The van der Waals surface area contributed by atoms with Gasteiger partial charge in [-0.3, -0.25) is 4.79 Å². The van der Waals surface area contributed by atoms with Gasteiger partial charge in [-0.1, -0.05) is 31.0 Å². The zero-order valence-electron chi connectivity index (χ0n) is 11.1. The second-order valence-corrected chi connectivity index (χ2v) is 5.24. The van der Waals surface area contributed by atoms with Crippen molar-refractivity contribution in [3.63, 3.8) is 0 Å². The summed E-state index contributed by atoms with van der Waals surface area (Å²) in [6, 6.07) is 5.89. The van der Waals surface area contributed by atoms with Gasteiger partial charge in [-0.05, 0) is 43.4 Å². The van der Waals surface area contributed by atoms with Gasteiger partial charge < -0.3 is 10.4 Å². The van der Waals surface area contributed by atoms with E-state index in [0.717, 1.165) is 18.4 Å². The number of carbonyl (C=O) groups is 1. The van der Waals surface area contributed by atoms with Crippen molar-refractivity contribution in [3.8, 4) is 0 Å². The molecule has 1 fully saturated rings. The Bertz CT molecular complexity index is 436. The summed E-state index contributed by atoms with van der Waals surface area (Å²) in [5.74, 6) is -0.273. The van der Waals surface area contributed by atoms with Gasteiger partial charge in [-0.2, -0.15) is 0 Å². The predicted molar refractivity (Wildman–Crippen MR) is 71.3 cm³/mol. The van der Waals surface area contributed by atoms with E-state index < -0.39 is 6.10 Å². The summed E-state index contributed by atoms with van der Waals surface area (Å²) in [6.45, 7) is 4.00. The van der Waals surface area contributed by atoms with Gasteiger partial charge in [0.1, 0.15) is 0 Å². The normalized spacial score (nSPS) is 17.7. The lowest BCUT2D eigenvalue weighted by Crippen LogP contribution is -2.36. The molecule has 1 aromatic carbocycles. The van der Waals surface area contributed by atoms with Crippen LogP contribution in [0.4, 0.5) is 0 Å². The Morgan fingerprint density at radius 2 is 1.94 bits per heavy atom. The molecule has 0 heterocycles. The van der Waals surface area contributed by atoms with Crippen molar-refractivity contribution in [2.45, 2.75) is 51.7 Å². The van der Waals surface area contributed by atoms with Crippen LogP contribution in [-0.4, -0.2) is 17.1 Å². The summed E-state index contributed by atoms with van der Waals surface area (Å²) in [6.07, 6.45) is 3.36. The molecule has 1 aromatic rings. The maximum absolute atomic E-state index is 11.9. The van der Waals surface area contributed by atoms with Crippen molar-refractivity contribution >= 4 is 5.91 Å². The Morgan fingerprint density at radius 3 is 2.56 bits per heavy atom. The number of hydrogen-bond donors (Lipinski definition) is 2. The zero-order chi connectivity index (χ0) is 13.1. The lowest BCUT2D eigenvalue weighted by Gasteiger charge is -2.16. The number of amides is 1. The van der Waals surface area contributed by atoms with Gasteiger partial charge in [0.25, 0.3) is 5.91 Å². The number of aliphatic hydroxyl groups excluding tert-OH is 1. The Morgan fingerprint density at radius 1 is 1.28 bits per heavy atom. The molecule has 0 spiro atoms. The van der Waals surface area contributed by atoms with Crippen LogP contribution < -0.4 is 5.32 Å². The van der Waals surface area contributed by atoms with Gasteiger partial charge in [-0.25, -0.2) is 0 Å². The zero-order valence-corrected chi connectivity index (χ0v) is 11.1. The third-order valence-electron chi connectivity index (χ3n) is 3.80. The molecule has 1 unspecified atom stereocenters. The third-order valence-corrected chi connectivity index (χ3v) is 3.80. The highest BCUT2D eigenvalue weighted by molar-refractivity contribution is 5.82. The first-order valence-electron chi connectivity index (χ1n) is 6.63. The van der Waals surface area contributed by atoms with E-state index in [-0.39, 0.29) is 11.9 Å². The van der Waals surface area contributed by atoms with Crippen LogP contribution in [0.5, 0.6) is 0 Å². The topological polar surface area (TPSA) is 49.3 Å². The van der Waals surface area contributed by atoms with Crippen LogP contribution in [0.15, 0.2) is 18.2 Å². The Hall–Kier alpha value is -1.35. The molecule has 2 N–H and O–H groups in total. The number of benzene rings is 1. The fourth-order valence-electron chi connectivity index (χ4n) is 2.44. The molecule has 0 radical (unpaired) electrons. The fourth-order valence-corrected chi connectivity index (χ4v) is 2.44. The highest BCUT2D eigenvalue weighted by atomic mass is 16.3. The second kappa shape index (κ2) is 5.53. The molecule has 3 heteroatoms. The van der Waals surface area contributed by atoms with Gasteiger partial charge in [0, 0.05) is 6.04 Å². The van der Waals surface area contributed by atoms with Gasteiger partial charge in [-0.15, -0.1) is 0 Å². The molecule has 18 heavy (non-hydrogen) atoms. The SMILES string of the molecule is Cc1ccc(C(O)C(=O)NC2CCCC2)cc1C. The summed E-state index contributed by atoms with van der Waals surface area (Å²) >= 11 is 0. The van der Waals surface area contributed by atoms with E-state index in [4.69, 9.17) is 0 Å².